The van der Waals surface area contributed by atoms with E-state index in [1.54, 1.807) is 24.3 Å². The molecule has 0 radical (unpaired) electrons. The highest BCUT2D eigenvalue weighted by molar-refractivity contribution is 7.89. The molecule has 1 heterocycles. The third-order valence-electron chi connectivity index (χ3n) is 2.24. The molecule has 0 aliphatic heterocycles. The van der Waals surface area contributed by atoms with Crippen LogP contribution in [0.15, 0.2) is 24.3 Å². The van der Waals surface area contributed by atoms with Gasteiger partial charge in [0.1, 0.15) is 6.07 Å². The van der Waals surface area contributed by atoms with E-state index in [9.17, 15) is 13.5 Å². The zero-order chi connectivity index (χ0) is 11.9. The van der Waals surface area contributed by atoms with Crippen LogP contribution < -0.4 is 0 Å². The maximum absolute atomic E-state index is 11.5. The molecule has 2 aromatic rings. The fourth-order valence-corrected chi connectivity index (χ4v) is 2.61. The van der Waals surface area contributed by atoms with Crippen molar-refractivity contribution in [3.63, 3.8) is 0 Å². The molecule has 16 heavy (non-hydrogen) atoms. The van der Waals surface area contributed by atoms with Gasteiger partial charge in [-0.25, -0.2) is 12.4 Å². The molecule has 0 amide bonds. The van der Waals surface area contributed by atoms with Crippen molar-refractivity contribution in [3.05, 3.63) is 30.0 Å². The smallest absolute Gasteiger partial charge is 0.237 e. The zero-order valence-electron chi connectivity index (χ0n) is 8.38. The Morgan fingerprint density at radius 2 is 2.00 bits per heavy atom. The van der Waals surface area contributed by atoms with Gasteiger partial charge in [0.2, 0.25) is 10.0 Å². The van der Waals surface area contributed by atoms with Crippen molar-refractivity contribution < 1.29 is 13.5 Å². The molecule has 0 aliphatic rings. The van der Waals surface area contributed by atoms with Crippen LogP contribution in [0.3, 0.4) is 0 Å². The number of para-hydroxylation sites is 1. The number of fused-ring (bicyclic) bond motifs is 1. The summed E-state index contributed by atoms with van der Waals surface area (Å²) >= 11 is 0. The van der Waals surface area contributed by atoms with Gasteiger partial charge in [-0.05, 0) is 12.1 Å². The van der Waals surface area contributed by atoms with E-state index in [2.05, 4.69) is 0 Å². The highest BCUT2D eigenvalue weighted by Gasteiger charge is 2.21. The second-order valence-corrected chi connectivity index (χ2v) is 5.18. The van der Waals surface area contributed by atoms with Crippen molar-refractivity contribution >= 4 is 20.9 Å². The van der Waals surface area contributed by atoms with Gasteiger partial charge in [0.15, 0.2) is 11.4 Å². The first kappa shape index (κ1) is 10.5. The van der Waals surface area contributed by atoms with Gasteiger partial charge >= 0.3 is 0 Å². The predicted molar refractivity (Wildman–Crippen MR) is 58.6 cm³/mol. The number of hydrogen-bond acceptors (Lipinski definition) is 4. The van der Waals surface area contributed by atoms with Gasteiger partial charge in [0.25, 0.3) is 0 Å². The molecule has 1 aromatic carbocycles. The van der Waals surface area contributed by atoms with Crippen LogP contribution in [0.5, 0.6) is 5.75 Å². The zero-order valence-corrected chi connectivity index (χ0v) is 9.19. The molecule has 0 atom stereocenters. The molecule has 1 aromatic heterocycles. The molecule has 2 rings (SSSR count). The summed E-state index contributed by atoms with van der Waals surface area (Å²) < 4.78 is 23.9. The van der Waals surface area contributed by atoms with Crippen molar-refractivity contribution in [2.45, 2.75) is 0 Å². The van der Waals surface area contributed by atoms with Crippen molar-refractivity contribution in [2.75, 3.05) is 6.26 Å². The first-order chi connectivity index (χ1) is 7.46. The molecule has 0 aliphatic carbocycles. The van der Waals surface area contributed by atoms with Crippen LogP contribution in [0.1, 0.15) is 5.69 Å². The minimum Gasteiger partial charge on any atom is -0.504 e. The number of aromatic hydroxyl groups is 1. The topological polar surface area (TPSA) is 83.1 Å². The lowest BCUT2D eigenvalue weighted by molar-refractivity contribution is 0.478. The van der Waals surface area contributed by atoms with Gasteiger partial charge in [0.05, 0.1) is 11.8 Å². The van der Waals surface area contributed by atoms with Crippen molar-refractivity contribution in [1.29, 1.82) is 5.26 Å². The second kappa shape index (κ2) is 3.25. The standard InChI is InChI=1S/C10H8N2O3S/c1-16(14,15)12-8-5-3-2-4-7(8)10(13)9(12)6-11/h2-5,13H,1H3. The first-order valence-corrected chi connectivity index (χ1v) is 6.24. The van der Waals surface area contributed by atoms with Crippen LogP contribution in [-0.4, -0.2) is 23.8 Å². The number of benzene rings is 1. The first-order valence-electron chi connectivity index (χ1n) is 4.40. The Labute approximate surface area is 92.2 Å². The largest absolute Gasteiger partial charge is 0.504 e. The number of aromatic nitrogens is 1. The van der Waals surface area contributed by atoms with Crippen LogP contribution in [0.25, 0.3) is 10.9 Å². The number of rotatable bonds is 1. The SMILES string of the molecule is CS(=O)(=O)n1c(C#N)c(O)c2ccccc21. The van der Waals surface area contributed by atoms with Gasteiger partial charge in [-0.2, -0.15) is 5.26 Å². The lowest BCUT2D eigenvalue weighted by Crippen LogP contribution is -2.11. The molecule has 0 saturated carbocycles. The van der Waals surface area contributed by atoms with Gasteiger partial charge in [0, 0.05) is 5.39 Å². The van der Waals surface area contributed by atoms with Gasteiger partial charge < -0.3 is 5.11 Å². The van der Waals surface area contributed by atoms with Gasteiger partial charge in [-0.15, -0.1) is 0 Å². The Morgan fingerprint density at radius 3 is 2.56 bits per heavy atom. The molecule has 0 spiro atoms. The molecule has 0 fully saturated rings. The van der Waals surface area contributed by atoms with Crippen LogP contribution in [-0.2, 0) is 10.0 Å². The Hall–Kier alpha value is -2.00. The highest BCUT2D eigenvalue weighted by Crippen LogP contribution is 2.32. The number of hydrogen-bond donors (Lipinski definition) is 1. The summed E-state index contributed by atoms with van der Waals surface area (Å²) in [5.41, 5.74) is 0.0442. The van der Waals surface area contributed by atoms with Crippen LogP contribution >= 0.6 is 0 Å². The maximum atomic E-state index is 11.5. The summed E-state index contributed by atoms with van der Waals surface area (Å²) in [6, 6.07) is 8.10. The Morgan fingerprint density at radius 1 is 1.38 bits per heavy atom. The molecule has 0 bridgehead atoms. The fourth-order valence-electron chi connectivity index (χ4n) is 1.64. The van der Waals surface area contributed by atoms with Crippen LogP contribution in [0.4, 0.5) is 0 Å². The minimum absolute atomic E-state index is 0.260. The third-order valence-corrected chi connectivity index (χ3v) is 3.29. The lowest BCUT2D eigenvalue weighted by atomic mass is 10.2. The van der Waals surface area contributed by atoms with E-state index in [0.29, 0.717) is 10.9 Å². The van der Waals surface area contributed by atoms with Crippen molar-refractivity contribution in [2.24, 2.45) is 0 Å². The average Bonchev–Trinajstić information content (AvgIpc) is 2.51. The summed E-state index contributed by atoms with van der Waals surface area (Å²) in [5.74, 6) is -0.302. The molecular formula is C10H8N2O3S. The lowest BCUT2D eigenvalue weighted by Gasteiger charge is -2.01. The van der Waals surface area contributed by atoms with E-state index in [4.69, 9.17) is 5.26 Å². The van der Waals surface area contributed by atoms with E-state index in [1.165, 1.54) is 6.07 Å². The van der Waals surface area contributed by atoms with E-state index in [0.717, 1.165) is 10.2 Å². The summed E-state index contributed by atoms with van der Waals surface area (Å²) in [6.45, 7) is 0. The summed E-state index contributed by atoms with van der Waals surface area (Å²) in [7, 11) is -3.62. The molecule has 6 heteroatoms. The fraction of sp³-hybridized carbons (Fsp3) is 0.100. The van der Waals surface area contributed by atoms with E-state index < -0.39 is 10.0 Å². The predicted octanol–water partition coefficient (Wildman–Crippen LogP) is 1.03. The third kappa shape index (κ3) is 1.33. The van der Waals surface area contributed by atoms with Crippen LogP contribution in [0, 0.1) is 11.3 Å². The number of nitrogens with zero attached hydrogens (tertiary/aromatic N) is 2. The molecule has 0 unspecified atom stereocenters. The maximum Gasteiger partial charge on any atom is 0.237 e. The minimum atomic E-state index is -3.62. The van der Waals surface area contributed by atoms with Gasteiger partial charge in [-0.3, -0.25) is 0 Å². The van der Waals surface area contributed by atoms with Crippen molar-refractivity contribution in [1.82, 2.24) is 3.97 Å². The molecular weight excluding hydrogens is 228 g/mol. The summed E-state index contributed by atoms with van der Waals surface area (Å²) in [5, 5.41) is 18.9. The normalized spacial score (nSPS) is 11.5. The molecule has 82 valence electrons. The van der Waals surface area contributed by atoms with E-state index >= 15 is 0 Å². The second-order valence-electron chi connectivity index (χ2n) is 3.35. The quantitative estimate of drug-likeness (QED) is 0.801. The van der Waals surface area contributed by atoms with Crippen LogP contribution in [0.2, 0.25) is 0 Å². The average molecular weight is 236 g/mol. The Balaban J connectivity index is 3.09. The Kier molecular flexibility index (Phi) is 2.14. The summed E-state index contributed by atoms with van der Waals surface area (Å²) in [4.78, 5) is 0. The van der Waals surface area contributed by atoms with E-state index in [-0.39, 0.29) is 11.4 Å². The molecule has 0 saturated heterocycles. The monoisotopic (exact) mass is 236 g/mol. The molecule has 5 nitrogen and oxygen atoms in total. The van der Waals surface area contributed by atoms with E-state index in [1.807, 2.05) is 0 Å². The van der Waals surface area contributed by atoms with Gasteiger partial charge in [-0.1, -0.05) is 12.1 Å². The summed E-state index contributed by atoms with van der Waals surface area (Å²) in [6.07, 6.45) is 0.986. The Bertz CT molecular complexity index is 707. The van der Waals surface area contributed by atoms with Crippen molar-refractivity contribution in [3.8, 4) is 11.8 Å². The number of nitriles is 1. The highest BCUT2D eigenvalue weighted by atomic mass is 32.2. The molecule has 1 N–H and O–H groups in total.